The number of pyridine rings is 1. The molecule has 4 aliphatic rings. The van der Waals surface area contributed by atoms with Crippen LogP contribution in [0.2, 0.25) is 10.0 Å². The SMILES string of the molecule is COc1cc(C=CC2C3=CCC4C(=O)N(c5ccccc5)C(=O)C4C3CC3C(=O)N(Nc4ncc(C(F)(F)F)cc4Cl)C(=O)C23c2ccc(Cl)cc2)ccc1O. The van der Waals surface area contributed by atoms with Crippen molar-refractivity contribution in [3.8, 4) is 11.5 Å². The van der Waals surface area contributed by atoms with Gasteiger partial charge in [-0.05, 0) is 72.4 Å². The molecular formula is C41H31Cl2F3N4O6. The monoisotopic (exact) mass is 802 g/mol. The molecule has 0 bridgehead atoms. The van der Waals surface area contributed by atoms with Gasteiger partial charge in [0.2, 0.25) is 11.8 Å². The highest BCUT2D eigenvalue weighted by Gasteiger charge is 2.69. The number of hydrazine groups is 1. The lowest BCUT2D eigenvalue weighted by molar-refractivity contribution is -0.139. The molecule has 3 fully saturated rings. The van der Waals surface area contributed by atoms with E-state index in [-0.39, 0.29) is 36.1 Å². The number of allylic oxidation sites excluding steroid dienone is 3. The van der Waals surface area contributed by atoms with Gasteiger partial charge in [0.15, 0.2) is 17.3 Å². The number of hydrogen-bond donors (Lipinski definition) is 2. The van der Waals surface area contributed by atoms with Crippen molar-refractivity contribution in [3.05, 3.63) is 130 Å². The molecule has 10 nitrogen and oxygen atoms in total. The van der Waals surface area contributed by atoms with Gasteiger partial charge in [0, 0.05) is 17.1 Å². The first-order valence-corrected chi connectivity index (χ1v) is 18.3. The van der Waals surface area contributed by atoms with Gasteiger partial charge in [-0.15, -0.1) is 0 Å². The van der Waals surface area contributed by atoms with Gasteiger partial charge in [-0.2, -0.15) is 18.2 Å². The van der Waals surface area contributed by atoms with Crippen molar-refractivity contribution in [1.82, 2.24) is 9.99 Å². The lowest BCUT2D eigenvalue weighted by atomic mass is 9.50. The van der Waals surface area contributed by atoms with Gasteiger partial charge in [0.05, 0.1) is 46.6 Å². The summed E-state index contributed by atoms with van der Waals surface area (Å²) in [7, 11) is 1.40. The number of hydrogen-bond acceptors (Lipinski definition) is 8. The highest BCUT2D eigenvalue weighted by atomic mass is 35.5. The zero-order valence-electron chi connectivity index (χ0n) is 29.3. The summed E-state index contributed by atoms with van der Waals surface area (Å²) < 4.78 is 45.8. The number of benzene rings is 3. The number of alkyl halides is 3. The minimum Gasteiger partial charge on any atom is -0.504 e. The number of nitrogens with one attached hydrogen (secondary N) is 1. The first kappa shape index (κ1) is 37.3. The van der Waals surface area contributed by atoms with Gasteiger partial charge in [-0.25, -0.2) is 4.98 Å². The molecule has 3 aromatic carbocycles. The molecule has 3 heterocycles. The van der Waals surface area contributed by atoms with Gasteiger partial charge in [0.1, 0.15) is 0 Å². The number of amides is 4. The van der Waals surface area contributed by atoms with E-state index in [0.29, 0.717) is 39.7 Å². The van der Waals surface area contributed by atoms with Crippen LogP contribution in [0.5, 0.6) is 11.5 Å². The molecule has 0 spiro atoms. The Kier molecular flexibility index (Phi) is 9.20. The normalized spacial score (nSPS) is 26.0. The summed E-state index contributed by atoms with van der Waals surface area (Å²) in [6.45, 7) is 0. The van der Waals surface area contributed by atoms with Crippen molar-refractivity contribution >= 4 is 64.4 Å². The number of rotatable bonds is 7. The maximum absolute atomic E-state index is 15.2. The predicted octanol–water partition coefficient (Wildman–Crippen LogP) is 7.86. The molecule has 2 saturated heterocycles. The molecule has 286 valence electrons. The molecule has 56 heavy (non-hydrogen) atoms. The van der Waals surface area contributed by atoms with E-state index in [1.165, 1.54) is 18.1 Å². The number of nitrogens with zero attached hydrogens (tertiary/aromatic N) is 3. The zero-order valence-corrected chi connectivity index (χ0v) is 30.8. The number of carbonyl (C=O) groups excluding carboxylic acids is 4. The second kappa shape index (κ2) is 13.8. The zero-order chi connectivity index (χ0) is 39.7. The number of anilines is 2. The van der Waals surface area contributed by atoms with Crippen LogP contribution >= 0.6 is 23.2 Å². The number of phenols is 1. The molecule has 2 aliphatic heterocycles. The van der Waals surface area contributed by atoms with Crippen LogP contribution in [-0.4, -0.2) is 45.8 Å². The number of imide groups is 2. The number of methoxy groups -OCH3 is 1. The number of phenolic OH excluding ortho intramolecular Hbond substituents is 1. The van der Waals surface area contributed by atoms with Crippen molar-refractivity contribution in [3.63, 3.8) is 0 Å². The van der Waals surface area contributed by atoms with Crippen LogP contribution in [0.4, 0.5) is 24.7 Å². The van der Waals surface area contributed by atoms with Crippen LogP contribution in [0.25, 0.3) is 6.08 Å². The van der Waals surface area contributed by atoms with Crippen molar-refractivity contribution in [1.29, 1.82) is 0 Å². The summed E-state index contributed by atoms with van der Waals surface area (Å²) >= 11 is 12.6. The summed E-state index contributed by atoms with van der Waals surface area (Å²) in [4.78, 5) is 63.4. The van der Waals surface area contributed by atoms with Crippen LogP contribution in [0.3, 0.4) is 0 Å². The van der Waals surface area contributed by atoms with E-state index in [9.17, 15) is 32.7 Å². The van der Waals surface area contributed by atoms with E-state index >= 15 is 4.79 Å². The minimum absolute atomic E-state index is 0.0222. The standard InChI is InChI=1S/C41H31Cl2F3N4O6/c1-56-33-17-21(8-16-32(33)51)7-15-29-26-13-14-27-34(38(54)49(36(27)52)25-5-3-2-4-6-25)28(26)19-30-37(53)50(39(55)40(29,30)22-9-11-24(42)12-10-22)48-35-31(43)18-23(20-47-35)41(44,45)46/h2-13,15-18,20,27-30,34,51H,14,19H2,1H3,(H,47,48). The molecule has 1 saturated carbocycles. The quantitative estimate of drug-likeness (QED) is 0.143. The minimum atomic E-state index is -4.75. The van der Waals surface area contributed by atoms with Crippen LogP contribution in [0, 0.1) is 29.6 Å². The van der Waals surface area contributed by atoms with Gasteiger partial charge in [-0.1, -0.05) is 83.4 Å². The fourth-order valence-corrected chi connectivity index (χ4v) is 9.20. The van der Waals surface area contributed by atoms with Crippen LogP contribution in [0.1, 0.15) is 29.5 Å². The van der Waals surface area contributed by atoms with Crippen molar-refractivity contribution < 1.29 is 42.2 Å². The van der Waals surface area contributed by atoms with Gasteiger partial charge >= 0.3 is 6.18 Å². The number of aromatic hydroxyl groups is 1. The number of halogens is 5. The lowest BCUT2D eigenvalue weighted by Crippen LogP contribution is -2.54. The Bertz CT molecular complexity index is 2360. The Morgan fingerprint density at radius 2 is 1.68 bits per heavy atom. The highest BCUT2D eigenvalue weighted by molar-refractivity contribution is 6.33. The van der Waals surface area contributed by atoms with Gasteiger partial charge < -0.3 is 9.84 Å². The third-order valence-corrected chi connectivity index (χ3v) is 11.9. The number of carbonyl (C=O) groups is 4. The lowest BCUT2D eigenvalue weighted by Gasteiger charge is -2.49. The first-order valence-electron chi connectivity index (χ1n) is 17.6. The summed E-state index contributed by atoms with van der Waals surface area (Å²) in [6, 6.07) is 20.4. The van der Waals surface area contributed by atoms with Crippen LogP contribution < -0.4 is 15.1 Å². The summed E-state index contributed by atoms with van der Waals surface area (Å²) in [5, 5.41) is 10.9. The molecule has 4 amide bonds. The topological polar surface area (TPSA) is 129 Å². The Balaban J connectivity index is 1.29. The first-order chi connectivity index (χ1) is 26.7. The molecule has 15 heteroatoms. The molecule has 8 rings (SSSR count). The van der Waals surface area contributed by atoms with E-state index in [4.69, 9.17) is 27.9 Å². The van der Waals surface area contributed by atoms with Crippen LogP contribution in [-0.2, 0) is 30.8 Å². The van der Waals surface area contributed by atoms with E-state index in [1.807, 2.05) is 6.08 Å². The summed E-state index contributed by atoms with van der Waals surface area (Å²) in [5.74, 6) is -6.83. The third-order valence-electron chi connectivity index (χ3n) is 11.3. The smallest absolute Gasteiger partial charge is 0.417 e. The maximum Gasteiger partial charge on any atom is 0.417 e. The average molecular weight is 804 g/mol. The Hall–Kier alpha value is -5.66. The highest BCUT2D eigenvalue weighted by Crippen LogP contribution is 2.62. The van der Waals surface area contributed by atoms with Crippen molar-refractivity contribution in [2.75, 3.05) is 17.4 Å². The van der Waals surface area contributed by atoms with E-state index in [2.05, 4.69) is 10.4 Å². The Labute approximate surface area is 328 Å². The van der Waals surface area contributed by atoms with Crippen LogP contribution in [0.15, 0.2) is 103 Å². The molecule has 6 atom stereocenters. The Morgan fingerprint density at radius 3 is 2.36 bits per heavy atom. The second-order valence-corrected chi connectivity index (χ2v) is 14.9. The van der Waals surface area contributed by atoms with Crippen molar-refractivity contribution in [2.45, 2.75) is 24.4 Å². The molecule has 0 radical (unpaired) electrons. The number of fused-ring (bicyclic) bond motifs is 4. The molecule has 4 aromatic rings. The van der Waals surface area contributed by atoms with E-state index in [0.717, 1.165) is 5.01 Å². The largest absolute Gasteiger partial charge is 0.504 e. The van der Waals surface area contributed by atoms with E-state index in [1.54, 1.807) is 78.9 Å². The second-order valence-electron chi connectivity index (χ2n) is 14.1. The number of ether oxygens (including phenoxy) is 1. The summed E-state index contributed by atoms with van der Waals surface area (Å²) in [5.41, 5.74) is 1.89. The van der Waals surface area contributed by atoms with Crippen molar-refractivity contribution in [2.24, 2.45) is 29.6 Å². The summed E-state index contributed by atoms with van der Waals surface area (Å²) in [6.07, 6.45) is 1.33. The van der Waals surface area contributed by atoms with Gasteiger partial charge in [0.25, 0.3) is 11.8 Å². The maximum atomic E-state index is 15.2. The molecular weight excluding hydrogens is 772 g/mol. The molecule has 2 aliphatic carbocycles. The fraction of sp³-hybridized carbons (Fsp3) is 0.244. The number of para-hydroxylation sites is 1. The van der Waals surface area contributed by atoms with E-state index < -0.39 is 69.5 Å². The third kappa shape index (κ3) is 5.83. The van der Waals surface area contributed by atoms with Gasteiger partial charge in [-0.3, -0.25) is 29.5 Å². The molecule has 6 unspecified atom stereocenters. The Morgan fingerprint density at radius 1 is 0.946 bits per heavy atom. The average Bonchev–Trinajstić information content (AvgIpc) is 3.56. The number of aromatic nitrogens is 1. The molecule has 2 N–H and O–H groups in total. The molecule has 1 aromatic heterocycles. The fourth-order valence-electron chi connectivity index (χ4n) is 8.87. The predicted molar refractivity (Wildman–Crippen MR) is 200 cm³/mol.